The standard InChI is InChI=1S/C10H13FN2O2/c1-15-8-3-2-7(9(11)4-8)5-13-6-10(12)14/h2-4,13H,5-6H2,1H3,(H2,12,14). The number of benzene rings is 1. The van der Waals surface area contributed by atoms with Crippen LogP contribution in [0.15, 0.2) is 18.2 Å². The third-order valence-corrected chi connectivity index (χ3v) is 1.87. The van der Waals surface area contributed by atoms with Crippen molar-refractivity contribution in [3.63, 3.8) is 0 Å². The summed E-state index contributed by atoms with van der Waals surface area (Å²) in [6.45, 7) is 0.296. The van der Waals surface area contributed by atoms with Crippen molar-refractivity contribution in [2.45, 2.75) is 6.54 Å². The summed E-state index contributed by atoms with van der Waals surface area (Å²) in [6, 6.07) is 4.55. The van der Waals surface area contributed by atoms with Crippen LogP contribution >= 0.6 is 0 Å². The van der Waals surface area contributed by atoms with Gasteiger partial charge in [0.05, 0.1) is 13.7 Å². The molecule has 0 fully saturated rings. The molecule has 3 N–H and O–H groups in total. The Bertz CT molecular complexity index is 355. The molecule has 0 atom stereocenters. The van der Waals surface area contributed by atoms with Gasteiger partial charge in [0, 0.05) is 18.2 Å². The van der Waals surface area contributed by atoms with Crippen LogP contribution in [0.2, 0.25) is 0 Å². The third-order valence-electron chi connectivity index (χ3n) is 1.87. The van der Waals surface area contributed by atoms with Crippen molar-refractivity contribution in [3.8, 4) is 5.75 Å². The highest BCUT2D eigenvalue weighted by Crippen LogP contribution is 2.15. The van der Waals surface area contributed by atoms with Gasteiger partial charge in [-0.1, -0.05) is 6.07 Å². The maximum absolute atomic E-state index is 13.3. The molecular formula is C10H13FN2O2. The van der Waals surface area contributed by atoms with Crippen LogP contribution < -0.4 is 15.8 Å². The topological polar surface area (TPSA) is 64.3 Å². The van der Waals surface area contributed by atoms with Crippen molar-refractivity contribution in [2.24, 2.45) is 5.73 Å². The van der Waals surface area contributed by atoms with Crippen molar-refractivity contribution in [3.05, 3.63) is 29.6 Å². The summed E-state index contributed by atoms with van der Waals surface area (Å²) in [5, 5.41) is 2.72. The molecule has 4 nitrogen and oxygen atoms in total. The van der Waals surface area contributed by atoms with Gasteiger partial charge in [-0.15, -0.1) is 0 Å². The van der Waals surface area contributed by atoms with Crippen molar-refractivity contribution < 1.29 is 13.9 Å². The second kappa shape index (κ2) is 5.31. The first-order chi connectivity index (χ1) is 7.13. The first kappa shape index (κ1) is 11.5. The number of hydrogen-bond acceptors (Lipinski definition) is 3. The van der Waals surface area contributed by atoms with E-state index in [4.69, 9.17) is 10.5 Å². The fourth-order valence-corrected chi connectivity index (χ4v) is 1.12. The van der Waals surface area contributed by atoms with E-state index in [-0.39, 0.29) is 18.9 Å². The molecule has 1 amide bonds. The summed E-state index contributed by atoms with van der Waals surface area (Å²) in [4.78, 5) is 10.4. The molecule has 0 aliphatic carbocycles. The summed E-state index contributed by atoms with van der Waals surface area (Å²) >= 11 is 0. The minimum atomic E-state index is -0.469. The molecule has 0 heterocycles. The molecule has 0 aromatic heterocycles. The Morgan fingerprint density at radius 3 is 2.87 bits per heavy atom. The van der Waals surface area contributed by atoms with Crippen molar-refractivity contribution in [1.29, 1.82) is 0 Å². The molecule has 0 bridgehead atoms. The number of rotatable bonds is 5. The summed E-state index contributed by atoms with van der Waals surface area (Å²) in [7, 11) is 1.47. The van der Waals surface area contributed by atoms with Gasteiger partial charge in [-0.3, -0.25) is 4.79 Å². The Hall–Kier alpha value is -1.62. The van der Waals surface area contributed by atoms with Crippen LogP contribution in [0.5, 0.6) is 5.75 Å². The van der Waals surface area contributed by atoms with Gasteiger partial charge in [0.2, 0.25) is 5.91 Å². The van der Waals surface area contributed by atoms with Crippen molar-refractivity contribution >= 4 is 5.91 Å². The van der Waals surface area contributed by atoms with E-state index < -0.39 is 5.91 Å². The number of hydrogen-bond donors (Lipinski definition) is 2. The molecule has 1 aromatic rings. The van der Waals surface area contributed by atoms with E-state index in [1.165, 1.54) is 13.2 Å². The molecule has 0 unspecified atom stereocenters. The van der Waals surface area contributed by atoms with Gasteiger partial charge >= 0.3 is 0 Å². The highest BCUT2D eigenvalue weighted by atomic mass is 19.1. The first-order valence-corrected chi connectivity index (χ1v) is 4.45. The summed E-state index contributed by atoms with van der Waals surface area (Å²) in [6.07, 6.45) is 0. The molecule has 1 rings (SSSR count). The average molecular weight is 212 g/mol. The number of ether oxygens (including phenoxy) is 1. The lowest BCUT2D eigenvalue weighted by atomic mass is 10.2. The largest absolute Gasteiger partial charge is 0.497 e. The molecule has 5 heteroatoms. The van der Waals surface area contributed by atoms with Crippen molar-refractivity contribution in [2.75, 3.05) is 13.7 Å². The van der Waals surface area contributed by atoms with Gasteiger partial charge in [-0.25, -0.2) is 4.39 Å². The van der Waals surface area contributed by atoms with E-state index in [2.05, 4.69) is 5.32 Å². The lowest BCUT2D eigenvalue weighted by Gasteiger charge is -2.06. The van der Waals surface area contributed by atoms with E-state index in [9.17, 15) is 9.18 Å². The molecular weight excluding hydrogens is 199 g/mol. The number of nitrogens with one attached hydrogen (secondary N) is 1. The summed E-state index contributed by atoms with van der Waals surface area (Å²) < 4.78 is 18.2. The molecule has 0 spiro atoms. The highest BCUT2D eigenvalue weighted by Gasteiger charge is 2.03. The Morgan fingerprint density at radius 1 is 1.60 bits per heavy atom. The number of carbonyl (C=O) groups excluding carboxylic acids is 1. The fourth-order valence-electron chi connectivity index (χ4n) is 1.12. The summed E-state index contributed by atoms with van der Waals surface area (Å²) in [5.41, 5.74) is 5.39. The van der Waals surface area contributed by atoms with Crippen LogP contribution in [0.3, 0.4) is 0 Å². The Kier molecular flexibility index (Phi) is 4.05. The zero-order chi connectivity index (χ0) is 11.3. The second-order valence-corrected chi connectivity index (χ2v) is 3.03. The van der Waals surface area contributed by atoms with E-state index in [1.54, 1.807) is 12.1 Å². The predicted molar refractivity (Wildman–Crippen MR) is 53.9 cm³/mol. The van der Waals surface area contributed by atoms with Crippen LogP contribution in [-0.4, -0.2) is 19.6 Å². The Labute approximate surface area is 87.2 Å². The van der Waals surface area contributed by atoms with E-state index >= 15 is 0 Å². The lowest BCUT2D eigenvalue weighted by molar-refractivity contribution is -0.117. The molecule has 0 aliphatic heterocycles. The second-order valence-electron chi connectivity index (χ2n) is 3.03. The number of primary amides is 1. The third kappa shape index (κ3) is 3.55. The number of carbonyl (C=O) groups is 1. The normalized spacial score (nSPS) is 10.0. The van der Waals surface area contributed by atoms with Crippen LogP contribution in [0.1, 0.15) is 5.56 Å². The van der Waals surface area contributed by atoms with Gasteiger partial charge in [-0.05, 0) is 6.07 Å². The van der Waals surface area contributed by atoms with E-state index in [0.717, 1.165) is 0 Å². The Morgan fingerprint density at radius 2 is 2.33 bits per heavy atom. The number of nitrogens with two attached hydrogens (primary N) is 1. The summed E-state index contributed by atoms with van der Waals surface area (Å²) in [5.74, 6) is -0.374. The molecule has 0 saturated heterocycles. The SMILES string of the molecule is COc1ccc(CNCC(N)=O)c(F)c1. The molecule has 0 radical (unpaired) electrons. The van der Waals surface area contributed by atoms with Gasteiger partial charge in [0.1, 0.15) is 11.6 Å². The van der Waals surface area contributed by atoms with E-state index in [1.807, 2.05) is 0 Å². The monoisotopic (exact) mass is 212 g/mol. The maximum atomic E-state index is 13.3. The van der Waals surface area contributed by atoms with Gasteiger partial charge in [-0.2, -0.15) is 0 Å². The smallest absolute Gasteiger partial charge is 0.231 e. The van der Waals surface area contributed by atoms with Crippen molar-refractivity contribution in [1.82, 2.24) is 5.32 Å². The highest BCUT2D eigenvalue weighted by molar-refractivity contribution is 5.75. The zero-order valence-corrected chi connectivity index (χ0v) is 8.42. The molecule has 15 heavy (non-hydrogen) atoms. The maximum Gasteiger partial charge on any atom is 0.231 e. The minimum Gasteiger partial charge on any atom is -0.497 e. The van der Waals surface area contributed by atoms with Gasteiger partial charge in [0.15, 0.2) is 0 Å². The van der Waals surface area contributed by atoms with Gasteiger partial charge in [0.25, 0.3) is 0 Å². The van der Waals surface area contributed by atoms with Crippen LogP contribution in [-0.2, 0) is 11.3 Å². The Balaban J connectivity index is 2.58. The average Bonchev–Trinajstić information content (AvgIpc) is 2.20. The number of amides is 1. The number of halogens is 1. The van der Waals surface area contributed by atoms with Crippen LogP contribution in [0, 0.1) is 5.82 Å². The fraction of sp³-hybridized carbons (Fsp3) is 0.300. The molecule has 82 valence electrons. The quantitative estimate of drug-likeness (QED) is 0.743. The zero-order valence-electron chi connectivity index (χ0n) is 8.42. The van der Waals surface area contributed by atoms with Gasteiger partial charge < -0.3 is 15.8 Å². The number of methoxy groups -OCH3 is 1. The molecule has 1 aromatic carbocycles. The van der Waals surface area contributed by atoms with Crippen LogP contribution in [0.4, 0.5) is 4.39 Å². The first-order valence-electron chi connectivity index (χ1n) is 4.45. The molecule has 0 aliphatic rings. The lowest BCUT2D eigenvalue weighted by Crippen LogP contribution is -2.28. The van der Waals surface area contributed by atoms with Crippen LogP contribution in [0.25, 0.3) is 0 Å². The predicted octanol–water partition coefficient (Wildman–Crippen LogP) is 0.409. The van der Waals surface area contributed by atoms with E-state index in [0.29, 0.717) is 11.3 Å². The minimum absolute atomic E-state index is 0.0332. The molecule has 0 saturated carbocycles.